The number of furan rings is 1. The number of allylic oxidation sites excluding steroid dienone is 1. The molecule has 0 aliphatic carbocycles. The molecule has 1 aromatic heterocycles. The minimum Gasteiger partial charge on any atom is -0.493 e. The molecule has 23 heavy (non-hydrogen) atoms. The first-order chi connectivity index (χ1) is 11.2. The number of carbonyl (C=O) groups excluding carboxylic acids is 1. The fourth-order valence-electron chi connectivity index (χ4n) is 2.39. The summed E-state index contributed by atoms with van der Waals surface area (Å²) >= 11 is 0. The molecule has 4 nitrogen and oxygen atoms in total. The molecule has 1 heterocycles. The molecule has 0 atom stereocenters. The number of fused-ring (bicyclic) bond motifs is 1. The van der Waals surface area contributed by atoms with Crippen molar-refractivity contribution in [2.75, 3.05) is 14.2 Å². The zero-order chi connectivity index (χ0) is 16.2. The number of ketones is 1. The lowest BCUT2D eigenvalue weighted by atomic mass is 10.1. The second kappa shape index (κ2) is 6.40. The van der Waals surface area contributed by atoms with Gasteiger partial charge in [-0.2, -0.15) is 0 Å². The van der Waals surface area contributed by atoms with Crippen LogP contribution in [0.1, 0.15) is 16.1 Å². The van der Waals surface area contributed by atoms with Crippen LogP contribution in [0.5, 0.6) is 11.5 Å². The minimum atomic E-state index is -0.203. The molecule has 0 saturated heterocycles. The average Bonchev–Trinajstić information content (AvgIpc) is 3.03. The quantitative estimate of drug-likeness (QED) is 0.519. The zero-order valence-electron chi connectivity index (χ0n) is 12.9. The van der Waals surface area contributed by atoms with E-state index in [9.17, 15) is 4.79 Å². The molecule has 116 valence electrons. The van der Waals surface area contributed by atoms with Crippen molar-refractivity contribution in [3.05, 3.63) is 65.9 Å². The second-order valence-electron chi connectivity index (χ2n) is 4.93. The van der Waals surface area contributed by atoms with Crippen molar-refractivity contribution in [2.24, 2.45) is 0 Å². The van der Waals surface area contributed by atoms with E-state index in [2.05, 4.69) is 0 Å². The van der Waals surface area contributed by atoms with Gasteiger partial charge in [-0.1, -0.05) is 30.3 Å². The van der Waals surface area contributed by atoms with Crippen LogP contribution >= 0.6 is 0 Å². The van der Waals surface area contributed by atoms with Crippen LogP contribution in [0.3, 0.4) is 0 Å². The van der Waals surface area contributed by atoms with Gasteiger partial charge in [-0.3, -0.25) is 4.79 Å². The highest BCUT2D eigenvalue weighted by Crippen LogP contribution is 2.31. The van der Waals surface area contributed by atoms with Gasteiger partial charge in [0.25, 0.3) is 0 Å². The van der Waals surface area contributed by atoms with E-state index in [0.29, 0.717) is 22.8 Å². The van der Waals surface area contributed by atoms with Crippen molar-refractivity contribution >= 4 is 22.8 Å². The smallest absolute Gasteiger partial charge is 0.221 e. The molecule has 0 saturated carbocycles. The molecular weight excluding hydrogens is 292 g/mol. The maximum absolute atomic E-state index is 12.3. The maximum Gasteiger partial charge on any atom is 0.221 e. The third kappa shape index (κ3) is 2.97. The molecule has 0 radical (unpaired) electrons. The van der Waals surface area contributed by atoms with Crippen molar-refractivity contribution in [3.8, 4) is 11.5 Å². The van der Waals surface area contributed by atoms with Crippen LogP contribution in [0.4, 0.5) is 0 Å². The minimum absolute atomic E-state index is 0.203. The molecule has 0 unspecified atom stereocenters. The highest BCUT2D eigenvalue weighted by atomic mass is 16.5. The standard InChI is InChI=1S/C19H16O4/c1-21-17-9-5-7-13(19(17)22-2)10-11-15(20)18-12-14-6-3-4-8-16(14)23-18/h3-12H,1-2H3/b11-10+. The summed E-state index contributed by atoms with van der Waals surface area (Å²) in [4.78, 5) is 12.3. The van der Waals surface area contributed by atoms with E-state index in [1.165, 1.54) is 6.08 Å². The monoisotopic (exact) mass is 308 g/mol. The first-order valence-corrected chi connectivity index (χ1v) is 7.15. The third-order valence-electron chi connectivity index (χ3n) is 3.52. The van der Waals surface area contributed by atoms with E-state index >= 15 is 0 Å². The van der Waals surface area contributed by atoms with Crippen LogP contribution in [0.15, 0.2) is 59.0 Å². The molecule has 0 amide bonds. The summed E-state index contributed by atoms with van der Waals surface area (Å²) in [6.45, 7) is 0. The number of hydrogen-bond donors (Lipinski definition) is 0. The Hall–Kier alpha value is -3.01. The lowest BCUT2D eigenvalue weighted by molar-refractivity contribution is 0.102. The Morgan fingerprint density at radius 1 is 1.04 bits per heavy atom. The van der Waals surface area contributed by atoms with Crippen molar-refractivity contribution in [2.45, 2.75) is 0 Å². The summed E-state index contributed by atoms with van der Waals surface area (Å²) in [5, 5.41) is 0.906. The Labute approximate surface area is 133 Å². The van der Waals surface area contributed by atoms with Gasteiger partial charge in [0.1, 0.15) is 5.58 Å². The number of hydrogen-bond acceptors (Lipinski definition) is 4. The Kier molecular flexibility index (Phi) is 4.15. The van der Waals surface area contributed by atoms with Crippen molar-refractivity contribution in [3.63, 3.8) is 0 Å². The van der Waals surface area contributed by atoms with E-state index in [0.717, 1.165) is 10.9 Å². The maximum atomic E-state index is 12.3. The van der Waals surface area contributed by atoms with Crippen molar-refractivity contribution in [1.82, 2.24) is 0 Å². The van der Waals surface area contributed by atoms with Crippen LogP contribution in [-0.4, -0.2) is 20.0 Å². The summed E-state index contributed by atoms with van der Waals surface area (Å²) in [5.41, 5.74) is 1.46. The molecule has 4 heteroatoms. The van der Waals surface area contributed by atoms with Crippen LogP contribution in [-0.2, 0) is 0 Å². The lowest BCUT2D eigenvalue weighted by Crippen LogP contribution is -1.94. The predicted molar refractivity (Wildman–Crippen MR) is 89.1 cm³/mol. The normalized spacial score (nSPS) is 11.0. The van der Waals surface area contributed by atoms with E-state index in [4.69, 9.17) is 13.9 Å². The molecule has 3 rings (SSSR count). The van der Waals surface area contributed by atoms with E-state index in [1.807, 2.05) is 36.4 Å². The first-order valence-electron chi connectivity index (χ1n) is 7.15. The lowest BCUT2D eigenvalue weighted by Gasteiger charge is -2.09. The summed E-state index contributed by atoms with van der Waals surface area (Å²) in [7, 11) is 3.14. The SMILES string of the molecule is COc1cccc(/C=C/C(=O)c2cc3ccccc3o2)c1OC. The van der Waals surface area contributed by atoms with Gasteiger partial charge in [0, 0.05) is 10.9 Å². The van der Waals surface area contributed by atoms with Gasteiger partial charge >= 0.3 is 0 Å². The Bertz CT molecular complexity index is 841. The summed E-state index contributed by atoms with van der Waals surface area (Å²) in [5.74, 6) is 1.31. The Morgan fingerprint density at radius 2 is 1.87 bits per heavy atom. The molecule has 0 N–H and O–H groups in total. The van der Waals surface area contributed by atoms with Crippen molar-refractivity contribution in [1.29, 1.82) is 0 Å². The fourth-order valence-corrected chi connectivity index (χ4v) is 2.39. The third-order valence-corrected chi connectivity index (χ3v) is 3.52. The van der Waals surface area contributed by atoms with Gasteiger partial charge in [0.15, 0.2) is 17.3 Å². The molecule has 3 aromatic rings. The van der Waals surface area contributed by atoms with Crippen molar-refractivity contribution < 1.29 is 18.7 Å². The Morgan fingerprint density at radius 3 is 2.61 bits per heavy atom. The topological polar surface area (TPSA) is 48.7 Å². The van der Waals surface area contributed by atoms with E-state index in [1.54, 1.807) is 32.4 Å². The summed E-state index contributed by atoms with van der Waals surface area (Å²) in [6.07, 6.45) is 3.16. The number of benzene rings is 2. The summed E-state index contributed by atoms with van der Waals surface area (Å²) < 4.78 is 16.2. The number of methoxy groups -OCH3 is 2. The second-order valence-corrected chi connectivity index (χ2v) is 4.93. The summed E-state index contributed by atoms with van der Waals surface area (Å²) in [6, 6.07) is 14.8. The van der Waals surface area contributed by atoms with Crippen LogP contribution in [0.2, 0.25) is 0 Å². The number of carbonyl (C=O) groups is 1. The molecular formula is C19H16O4. The molecule has 0 bridgehead atoms. The number of rotatable bonds is 5. The van der Waals surface area contributed by atoms with E-state index in [-0.39, 0.29) is 5.78 Å². The zero-order valence-corrected chi connectivity index (χ0v) is 12.9. The molecule has 2 aromatic carbocycles. The highest BCUT2D eigenvalue weighted by Gasteiger charge is 2.11. The van der Waals surface area contributed by atoms with Gasteiger partial charge in [-0.25, -0.2) is 0 Å². The molecule has 0 aliphatic heterocycles. The highest BCUT2D eigenvalue weighted by molar-refractivity contribution is 6.07. The fraction of sp³-hybridized carbons (Fsp3) is 0.105. The predicted octanol–water partition coefficient (Wildman–Crippen LogP) is 4.35. The molecule has 0 spiro atoms. The van der Waals surface area contributed by atoms with Gasteiger partial charge in [-0.05, 0) is 30.4 Å². The Balaban J connectivity index is 1.89. The first kappa shape index (κ1) is 14.9. The van der Waals surface area contributed by atoms with Crippen LogP contribution < -0.4 is 9.47 Å². The number of ether oxygens (including phenoxy) is 2. The molecule has 0 aliphatic rings. The van der Waals surface area contributed by atoms with E-state index < -0.39 is 0 Å². The van der Waals surface area contributed by atoms with Gasteiger partial charge in [0.2, 0.25) is 5.78 Å². The van der Waals surface area contributed by atoms with Crippen LogP contribution in [0, 0.1) is 0 Å². The van der Waals surface area contributed by atoms with Gasteiger partial charge in [0.05, 0.1) is 14.2 Å². The van der Waals surface area contributed by atoms with Gasteiger partial charge < -0.3 is 13.9 Å². The van der Waals surface area contributed by atoms with Crippen LogP contribution in [0.25, 0.3) is 17.0 Å². The average molecular weight is 308 g/mol. The van der Waals surface area contributed by atoms with Gasteiger partial charge in [-0.15, -0.1) is 0 Å². The largest absolute Gasteiger partial charge is 0.493 e. The number of para-hydroxylation sites is 2. The molecule has 0 fully saturated rings.